The molecule has 23 heavy (non-hydrogen) atoms. The highest BCUT2D eigenvalue weighted by atomic mass is 16.1. The van der Waals surface area contributed by atoms with Crippen LogP contribution < -0.4 is 5.32 Å². The van der Waals surface area contributed by atoms with Crippen molar-refractivity contribution in [3.05, 3.63) is 65.9 Å². The predicted molar refractivity (Wildman–Crippen MR) is 88.3 cm³/mol. The van der Waals surface area contributed by atoms with E-state index in [-0.39, 0.29) is 5.91 Å². The van der Waals surface area contributed by atoms with Gasteiger partial charge in [0.05, 0.1) is 6.33 Å². The Morgan fingerprint density at radius 1 is 1.30 bits per heavy atom. The minimum absolute atomic E-state index is 0.159. The number of nitrogens with one attached hydrogen (secondary N) is 2. The molecule has 0 aliphatic carbocycles. The molecule has 0 unspecified atom stereocenters. The number of nitrogens with zero attached hydrogens (tertiary/aromatic N) is 3. The van der Waals surface area contributed by atoms with Gasteiger partial charge in [-0.1, -0.05) is 25.5 Å². The van der Waals surface area contributed by atoms with Crippen molar-refractivity contribution in [2.75, 3.05) is 5.32 Å². The minimum atomic E-state index is -0.159. The Morgan fingerprint density at radius 2 is 2.13 bits per heavy atom. The predicted octanol–water partition coefficient (Wildman–Crippen LogP) is 2.86. The van der Waals surface area contributed by atoms with E-state index in [4.69, 9.17) is 0 Å². The van der Waals surface area contributed by atoms with Crippen LogP contribution in [0.5, 0.6) is 0 Å². The van der Waals surface area contributed by atoms with Crippen LogP contribution in [0.2, 0.25) is 0 Å². The Kier molecular flexibility index (Phi) is 4.52. The number of benzene rings is 1. The fourth-order valence-electron chi connectivity index (χ4n) is 2.36. The van der Waals surface area contributed by atoms with E-state index in [2.05, 4.69) is 27.4 Å². The lowest BCUT2D eigenvalue weighted by atomic mass is 10.1. The van der Waals surface area contributed by atoms with E-state index >= 15 is 0 Å². The highest BCUT2D eigenvalue weighted by Gasteiger charge is 2.08. The first-order valence-electron chi connectivity index (χ1n) is 7.65. The van der Waals surface area contributed by atoms with Crippen molar-refractivity contribution in [2.45, 2.75) is 26.3 Å². The van der Waals surface area contributed by atoms with Gasteiger partial charge in [-0.2, -0.15) is 5.10 Å². The van der Waals surface area contributed by atoms with Gasteiger partial charge in [0, 0.05) is 36.3 Å². The number of carbonyl (C=O) groups is 1. The summed E-state index contributed by atoms with van der Waals surface area (Å²) in [6.45, 7) is 2.84. The average Bonchev–Trinajstić information content (AvgIpc) is 3.21. The fraction of sp³-hybridized carbons (Fsp3) is 0.235. The Hall–Kier alpha value is -2.89. The third kappa shape index (κ3) is 3.85. The smallest absolute Gasteiger partial charge is 0.256 e. The van der Waals surface area contributed by atoms with Crippen LogP contribution in [0.4, 0.5) is 5.82 Å². The molecule has 0 fully saturated rings. The van der Waals surface area contributed by atoms with Gasteiger partial charge < -0.3 is 9.88 Å². The van der Waals surface area contributed by atoms with Gasteiger partial charge in [0.1, 0.15) is 0 Å². The molecule has 2 aromatic heterocycles. The number of aryl methyl sites for hydroxylation is 1. The molecule has 1 amide bonds. The normalized spacial score (nSPS) is 10.7. The van der Waals surface area contributed by atoms with E-state index in [1.165, 1.54) is 0 Å². The molecule has 0 spiro atoms. The molecule has 118 valence electrons. The van der Waals surface area contributed by atoms with Gasteiger partial charge in [-0.3, -0.25) is 9.89 Å². The summed E-state index contributed by atoms with van der Waals surface area (Å²) in [7, 11) is 0. The van der Waals surface area contributed by atoms with Crippen molar-refractivity contribution in [3.63, 3.8) is 0 Å². The van der Waals surface area contributed by atoms with Crippen molar-refractivity contribution in [2.24, 2.45) is 0 Å². The summed E-state index contributed by atoms with van der Waals surface area (Å²) in [4.78, 5) is 16.2. The third-order valence-corrected chi connectivity index (χ3v) is 3.53. The van der Waals surface area contributed by atoms with Crippen molar-refractivity contribution < 1.29 is 4.79 Å². The largest absolute Gasteiger partial charge is 0.333 e. The van der Waals surface area contributed by atoms with E-state index in [0.29, 0.717) is 11.4 Å². The molecule has 6 heteroatoms. The topological polar surface area (TPSA) is 75.6 Å². The van der Waals surface area contributed by atoms with Gasteiger partial charge >= 0.3 is 0 Å². The fourth-order valence-corrected chi connectivity index (χ4v) is 2.36. The SMILES string of the molecule is CCCc1cc(NC(=O)c2ccc(Cn3ccnc3)cc2)n[nH]1. The maximum atomic E-state index is 12.2. The van der Waals surface area contributed by atoms with E-state index in [1.54, 1.807) is 12.5 Å². The standard InChI is InChI=1S/C17H19N5O/c1-2-3-15-10-16(21-20-15)19-17(23)14-6-4-13(5-7-14)11-22-9-8-18-12-22/h4-10,12H,2-3,11H2,1H3,(H2,19,20,21,23). The molecule has 2 heterocycles. The number of amides is 1. The maximum Gasteiger partial charge on any atom is 0.256 e. The Bertz CT molecular complexity index is 759. The van der Waals surface area contributed by atoms with Crippen LogP contribution in [0.1, 0.15) is 35.0 Å². The molecule has 0 radical (unpaired) electrons. The molecule has 0 aliphatic rings. The summed E-state index contributed by atoms with van der Waals surface area (Å²) in [6, 6.07) is 9.40. The Balaban J connectivity index is 1.62. The average molecular weight is 309 g/mol. The number of aromatic nitrogens is 4. The summed E-state index contributed by atoms with van der Waals surface area (Å²) in [6.07, 6.45) is 7.39. The number of hydrogen-bond donors (Lipinski definition) is 2. The van der Waals surface area contributed by atoms with Crippen LogP contribution in [0, 0.1) is 0 Å². The van der Waals surface area contributed by atoms with Gasteiger partial charge in [-0.05, 0) is 24.1 Å². The molecule has 3 aromatic rings. The Labute approximate surface area is 134 Å². The summed E-state index contributed by atoms with van der Waals surface area (Å²) in [5.74, 6) is 0.398. The van der Waals surface area contributed by atoms with Crippen molar-refractivity contribution in [3.8, 4) is 0 Å². The second kappa shape index (κ2) is 6.91. The summed E-state index contributed by atoms with van der Waals surface area (Å²) >= 11 is 0. The van der Waals surface area contributed by atoms with E-state index in [1.807, 2.05) is 41.1 Å². The van der Waals surface area contributed by atoms with Crippen LogP contribution in [0.3, 0.4) is 0 Å². The first-order valence-corrected chi connectivity index (χ1v) is 7.65. The molecule has 0 bridgehead atoms. The lowest BCUT2D eigenvalue weighted by Crippen LogP contribution is -2.12. The van der Waals surface area contributed by atoms with Gasteiger partial charge in [0.15, 0.2) is 5.82 Å². The number of anilines is 1. The number of aromatic amines is 1. The quantitative estimate of drug-likeness (QED) is 0.735. The van der Waals surface area contributed by atoms with Crippen molar-refractivity contribution >= 4 is 11.7 Å². The zero-order valence-corrected chi connectivity index (χ0v) is 13.0. The number of rotatable bonds is 6. The van der Waals surface area contributed by atoms with Crippen molar-refractivity contribution in [1.82, 2.24) is 19.7 Å². The molecule has 3 rings (SSSR count). The molecular weight excluding hydrogens is 290 g/mol. The van der Waals surface area contributed by atoms with Crippen LogP contribution in [-0.4, -0.2) is 25.7 Å². The summed E-state index contributed by atoms with van der Waals surface area (Å²) in [5.41, 5.74) is 2.75. The van der Waals surface area contributed by atoms with E-state index < -0.39 is 0 Å². The van der Waals surface area contributed by atoms with Crippen LogP contribution >= 0.6 is 0 Å². The van der Waals surface area contributed by atoms with E-state index in [0.717, 1.165) is 30.6 Å². The number of hydrogen-bond acceptors (Lipinski definition) is 3. The van der Waals surface area contributed by atoms with Crippen LogP contribution in [0.25, 0.3) is 0 Å². The van der Waals surface area contributed by atoms with Gasteiger partial charge in [0.2, 0.25) is 0 Å². The first kappa shape index (κ1) is 15.0. The molecule has 0 atom stereocenters. The van der Waals surface area contributed by atoms with Gasteiger partial charge in [0.25, 0.3) is 5.91 Å². The second-order valence-corrected chi connectivity index (χ2v) is 5.41. The van der Waals surface area contributed by atoms with E-state index in [9.17, 15) is 4.79 Å². The zero-order valence-electron chi connectivity index (χ0n) is 13.0. The molecule has 2 N–H and O–H groups in total. The summed E-state index contributed by atoms with van der Waals surface area (Å²) < 4.78 is 1.98. The summed E-state index contributed by atoms with van der Waals surface area (Å²) in [5, 5.41) is 9.83. The number of H-pyrrole nitrogens is 1. The van der Waals surface area contributed by atoms with Crippen LogP contribution in [0.15, 0.2) is 49.1 Å². The van der Waals surface area contributed by atoms with Crippen LogP contribution in [-0.2, 0) is 13.0 Å². The minimum Gasteiger partial charge on any atom is -0.333 e. The molecule has 0 saturated carbocycles. The first-order chi connectivity index (χ1) is 11.2. The number of imidazole rings is 1. The van der Waals surface area contributed by atoms with Gasteiger partial charge in [-0.15, -0.1) is 0 Å². The lowest BCUT2D eigenvalue weighted by molar-refractivity contribution is 0.102. The van der Waals surface area contributed by atoms with Gasteiger partial charge in [-0.25, -0.2) is 4.98 Å². The maximum absolute atomic E-state index is 12.2. The lowest BCUT2D eigenvalue weighted by Gasteiger charge is -2.05. The molecular formula is C17H19N5O. The monoisotopic (exact) mass is 309 g/mol. The highest BCUT2D eigenvalue weighted by molar-refractivity contribution is 6.03. The molecule has 0 aliphatic heterocycles. The molecule has 0 saturated heterocycles. The van der Waals surface area contributed by atoms with Crippen molar-refractivity contribution in [1.29, 1.82) is 0 Å². The zero-order chi connectivity index (χ0) is 16.1. The molecule has 1 aromatic carbocycles. The second-order valence-electron chi connectivity index (χ2n) is 5.41. The number of carbonyl (C=O) groups excluding carboxylic acids is 1. The molecule has 6 nitrogen and oxygen atoms in total. The third-order valence-electron chi connectivity index (χ3n) is 3.53. The highest BCUT2D eigenvalue weighted by Crippen LogP contribution is 2.11. The Morgan fingerprint density at radius 3 is 2.83 bits per heavy atom.